The summed E-state index contributed by atoms with van der Waals surface area (Å²) >= 11 is 0. The zero-order valence-corrected chi connectivity index (χ0v) is 13.2. The largest absolute Gasteiger partial charge is 0.334 e. The van der Waals surface area contributed by atoms with Gasteiger partial charge in [-0.3, -0.25) is 19.9 Å². The molecule has 1 aromatic rings. The van der Waals surface area contributed by atoms with E-state index >= 15 is 0 Å². The van der Waals surface area contributed by atoms with Crippen LogP contribution in [0.1, 0.15) is 18.4 Å². The van der Waals surface area contributed by atoms with Gasteiger partial charge in [0.2, 0.25) is 11.9 Å². The maximum absolute atomic E-state index is 12.6. The average molecular weight is 339 g/mol. The molecule has 3 atom stereocenters. The minimum absolute atomic E-state index is 0.0534. The van der Waals surface area contributed by atoms with Crippen LogP contribution in [0.2, 0.25) is 0 Å². The highest BCUT2D eigenvalue weighted by Gasteiger charge is 2.55. The Bertz CT molecular complexity index is 721. The van der Waals surface area contributed by atoms with Gasteiger partial charge in [0, 0.05) is 36.3 Å². The van der Waals surface area contributed by atoms with Gasteiger partial charge in [0.05, 0.1) is 11.5 Å². The van der Waals surface area contributed by atoms with Crippen LogP contribution >= 0.6 is 0 Å². The molecule has 2 fully saturated rings. The van der Waals surface area contributed by atoms with E-state index in [4.69, 9.17) is 0 Å². The maximum atomic E-state index is 12.6. The van der Waals surface area contributed by atoms with Crippen LogP contribution in [0.25, 0.3) is 0 Å². The molecule has 0 aromatic carbocycles. The number of hydrogen-bond donors (Lipinski definition) is 0. The first-order valence-electron chi connectivity index (χ1n) is 7.41. The lowest BCUT2D eigenvalue weighted by Crippen LogP contribution is -2.42. The quantitative estimate of drug-likeness (QED) is 0.562. The molecule has 9 heteroatoms. The third kappa shape index (κ3) is 3.49. The standard InChI is InChI=1S/C14H17N3O5S/c18-14(12-6-13(12)17(19)20)16(8-10-2-1-4-15-7-10)11-3-5-23(21,22)9-11/h1-2,4,7,11-13H,3,5-6,8-9H2/t11-,12-,13+/m1/s1. The number of rotatable bonds is 5. The van der Waals surface area contributed by atoms with Crippen LogP contribution in [0.15, 0.2) is 24.5 Å². The zero-order chi connectivity index (χ0) is 16.6. The molecule has 1 saturated heterocycles. The van der Waals surface area contributed by atoms with Crippen LogP contribution < -0.4 is 0 Å². The van der Waals surface area contributed by atoms with Crippen molar-refractivity contribution in [2.75, 3.05) is 11.5 Å². The summed E-state index contributed by atoms with van der Waals surface area (Å²) in [7, 11) is -3.14. The van der Waals surface area contributed by atoms with E-state index in [0.717, 1.165) is 5.56 Å². The smallest absolute Gasteiger partial charge is 0.233 e. The second-order valence-electron chi connectivity index (χ2n) is 6.08. The van der Waals surface area contributed by atoms with Gasteiger partial charge in [0.15, 0.2) is 9.84 Å². The zero-order valence-electron chi connectivity index (χ0n) is 12.4. The Hall–Kier alpha value is -2.03. The first-order valence-corrected chi connectivity index (χ1v) is 9.23. The van der Waals surface area contributed by atoms with Gasteiger partial charge in [0.1, 0.15) is 5.92 Å². The van der Waals surface area contributed by atoms with Crippen LogP contribution in [-0.2, 0) is 21.2 Å². The van der Waals surface area contributed by atoms with E-state index in [2.05, 4.69) is 4.98 Å². The second kappa shape index (κ2) is 5.88. The van der Waals surface area contributed by atoms with E-state index in [1.807, 2.05) is 0 Å². The van der Waals surface area contributed by atoms with Gasteiger partial charge in [-0.05, 0) is 18.1 Å². The Balaban J connectivity index is 1.79. The van der Waals surface area contributed by atoms with Gasteiger partial charge in [-0.15, -0.1) is 0 Å². The first kappa shape index (κ1) is 15.9. The summed E-state index contributed by atoms with van der Waals surface area (Å²) in [4.78, 5) is 28.5. The molecule has 2 heterocycles. The lowest BCUT2D eigenvalue weighted by Gasteiger charge is -2.28. The Labute approximate surface area is 133 Å². The number of nitro groups is 1. The van der Waals surface area contributed by atoms with Crippen molar-refractivity contribution in [1.29, 1.82) is 0 Å². The van der Waals surface area contributed by atoms with Crippen LogP contribution in [0.5, 0.6) is 0 Å². The van der Waals surface area contributed by atoms with Crippen molar-refractivity contribution in [2.24, 2.45) is 5.92 Å². The van der Waals surface area contributed by atoms with Crippen molar-refractivity contribution in [1.82, 2.24) is 9.88 Å². The lowest BCUT2D eigenvalue weighted by atomic mass is 10.1. The SMILES string of the molecule is O=C([C@@H]1C[C@@H]1[N+](=O)[O-])N(Cc1cccnc1)[C@@H]1CCS(=O)(=O)C1. The summed E-state index contributed by atoms with van der Waals surface area (Å²) in [6.07, 6.45) is 3.83. The number of carbonyl (C=O) groups is 1. The summed E-state index contributed by atoms with van der Waals surface area (Å²) in [6, 6.07) is 2.28. The summed E-state index contributed by atoms with van der Waals surface area (Å²) in [6.45, 7) is 0.230. The molecule has 0 N–H and O–H groups in total. The summed E-state index contributed by atoms with van der Waals surface area (Å²) in [5.74, 6) is -0.977. The van der Waals surface area contributed by atoms with Crippen LogP contribution in [0.3, 0.4) is 0 Å². The highest BCUT2D eigenvalue weighted by atomic mass is 32.2. The van der Waals surface area contributed by atoms with Gasteiger partial charge in [-0.2, -0.15) is 0 Å². The van der Waals surface area contributed by atoms with Crippen LogP contribution in [0, 0.1) is 16.0 Å². The molecule has 0 spiro atoms. The molecule has 124 valence electrons. The van der Waals surface area contributed by atoms with Crippen molar-refractivity contribution < 1.29 is 18.1 Å². The molecule has 1 amide bonds. The molecular formula is C14H17N3O5S. The minimum Gasteiger partial charge on any atom is -0.334 e. The predicted octanol–water partition coefficient (Wildman–Crippen LogP) is 0.262. The average Bonchev–Trinajstić information content (AvgIpc) is 3.23. The normalized spacial score (nSPS) is 28.3. The third-order valence-corrected chi connectivity index (χ3v) is 6.10. The number of aromatic nitrogens is 1. The maximum Gasteiger partial charge on any atom is 0.233 e. The molecule has 0 unspecified atom stereocenters. The van der Waals surface area contributed by atoms with Crippen LogP contribution in [-0.4, -0.2) is 52.7 Å². The van der Waals surface area contributed by atoms with Gasteiger partial charge in [-0.25, -0.2) is 8.42 Å². The van der Waals surface area contributed by atoms with Crippen molar-refractivity contribution in [3.05, 3.63) is 40.2 Å². The first-order chi connectivity index (χ1) is 10.9. The van der Waals surface area contributed by atoms with Crippen molar-refractivity contribution in [3.63, 3.8) is 0 Å². The summed E-state index contributed by atoms with van der Waals surface area (Å²) < 4.78 is 23.4. The van der Waals surface area contributed by atoms with Crippen LogP contribution in [0.4, 0.5) is 0 Å². The molecule has 1 aliphatic carbocycles. The molecule has 1 aliphatic heterocycles. The number of carbonyl (C=O) groups excluding carboxylic acids is 1. The molecule has 0 bridgehead atoms. The monoisotopic (exact) mass is 339 g/mol. The number of amides is 1. The number of hydrogen-bond acceptors (Lipinski definition) is 6. The third-order valence-electron chi connectivity index (χ3n) is 4.35. The summed E-state index contributed by atoms with van der Waals surface area (Å²) in [5.41, 5.74) is 0.781. The molecule has 0 radical (unpaired) electrons. The fourth-order valence-corrected chi connectivity index (χ4v) is 4.72. The Morgan fingerprint density at radius 2 is 2.26 bits per heavy atom. The fraction of sp³-hybridized carbons (Fsp3) is 0.571. The second-order valence-corrected chi connectivity index (χ2v) is 8.31. The molecule has 1 saturated carbocycles. The van der Waals surface area contributed by atoms with Gasteiger partial charge >= 0.3 is 0 Å². The van der Waals surface area contributed by atoms with E-state index in [0.29, 0.717) is 6.42 Å². The van der Waals surface area contributed by atoms with E-state index < -0.39 is 32.8 Å². The van der Waals surface area contributed by atoms with Crippen molar-refractivity contribution >= 4 is 15.7 Å². The number of pyridine rings is 1. The van der Waals surface area contributed by atoms with Crippen molar-refractivity contribution in [2.45, 2.75) is 31.5 Å². The molecule has 3 rings (SSSR count). The van der Waals surface area contributed by atoms with Gasteiger partial charge < -0.3 is 4.90 Å². The Morgan fingerprint density at radius 1 is 1.48 bits per heavy atom. The van der Waals surface area contributed by atoms with Gasteiger partial charge in [-0.1, -0.05) is 6.07 Å². The van der Waals surface area contributed by atoms with E-state index in [9.17, 15) is 23.3 Å². The number of sulfone groups is 1. The minimum atomic E-state index is -3.14. The molecule has 2 aliphatic rings. The molecule has 23 heavy (non-hydrogen) atoms. The number of nitrogens with zero attached hydrogens (tertiary/aromatic N) is 3. The Kier molecular flexibility index (Phi) is 4.05. The highest BCUT2D eigenvalue weighted by molar-refractivity contribution is 7.91. The summed E-state index contributed by atoms with van der Waals surface area (Å²) in [5, 5.41) is 10.8. The van der Waals surface area contributed by atoms with Gasteiger partial charge in [0.25, 0.3) is 0 Å². The van der Waals surface area contributed by atoms with E-state index in [-0.39, 0.29) is 30.4 Å². The van der Waals surface area contributed by atoms with E-state index in [1.54, 1.807) is 24.5 Å². The molecular weight excluding hydrogens is 322 g/mol. The molecule has 8 nitrogen and oxygen atoms in total. The molecule has 1 aromatic heterocycles. The highest BCUT2D eigenvalue weighted by Crippen LogP contribution is 2.36. The topological polar surface area (TPSA) is 110 Å². The fourth-order valence-electron chi connectivity index (χ4n) is 2.99. The van der Waals surface area contributed by atoms with Crippen molar-refractivity contribution in [3.8, 4) is 0 Å². The predicted molar refractivity (Wildman–Crippen MR) is 80.7 cm³/mol. The van der Waals surface area contributed by atoms with E-state index in [1.165, 1.54) is 4.90 Å². The Morgan fingerprint density at radius 3 is 2.78 bits per heavy atom. The lowest BCUT2D eigenvalue weighted by molar-refractivity contribution is -0.497.